The van der Waals surface area contributed by atoms with E-state index in [0.717, 1.165) is 12.8 Å². The van der Waals surface area contributed by atoms with Crippen LogP contribution in [0.15, 0.2) is 30.3 Å². The Balaban J connectivity index is 2.42. The Hall–Kier alpha value is -2.36. The van der Waals surface area contributed by atoms with Crippen LogP contribution >= 0.6 is 0 Å². The summed E-state index contributed by atoms with van der Waals surface area (Å²) >= 11 is 0. The highest BCUT2D eigenvalue weighted by molar-refractivity contribution is 5.74. The molecule has 4 heteroatoms. The first kappa shape index (κ1) is 14.1. The molecule has 20 heavy (non-hydrogen) atoms. The van der Waals surface area contributed by atoms with Crippen LogP contribution in [-0.2, 0) is 6.42 Å². The number of hydrogen-bond acceptors (Lipinski definition) is 4. The lowest BCUT2D eigenvalue weighted by Crippen LogP contribution is -1.88. The van der Waals surface area contributed by atoms with Crippen molar-refractivity contribution in [3.63, 3.8) is 0 Å². The lowest BCUT2D eigenvalue weighted by Gasteiger charge is -2.10. The summed E-state index contributed by atoms with van der Waals surface area (Å²) in [6, 6.07) is 7.27. The van der Waals surface area contributed by atoms with Crippen LogP contribution < -0.4 is 0 Å². The van der Waals surface area contributed by atoms with E-state index in [2.05, 4.69) is 6.92 Å². The molecule has 4 N–H and O–H groups in total. The van der Waals surface area contributed by atoms with Crippen molar-refractivity contribution in [3.8, 4) is 34.1 Å². The van der Waals surface area contributed by atoms with Gasteiger partial charge >= 0.3 is 0 Å². The van der Waals surface area contributed by atoms with Crippen molar-refractivity contribution in [2.45, 2.75) is 26.2 Å². The van der Waals surface area contributed by atoms with Crippen LogP contribution in [0.3, 0.4) is 0 Å². The summed E-state index contributed by atoms with van der Waals surface area (Å²) < 4.78 is 0. The molecule has 0 aliphatic rings. The van der Waals surface area contributed by atoms with Crippen LogP contribution in [0.25, 0.3) is 11.1 Å². The molecule has 106 valence electrons. The average Bonchev–Trinajstić information content (AvgIpc) is 2.42. The van der Waals surface area contributed by atoms with Crippen molar-refractivity contribution in [1.29, 1.82) is 0 Å². The molecule has 0 saturated carbocycles. The van der Waals surface area contributed by atoms with Gasteiger partial charge in [0, 0.05) is 5.56 Å². The molecule has 0 unspecified atom stereocenters. The zero-order valence-corrected chi connectivity index (χ0v) is 11.3. The second-order valence-electron chi connectivity index (χ2n) is 4.81. The fourth-order valence-electron chi connectivity index (χ4n) is 2.11. The van der Waals surface area contributed by atoms with E-state index in [-0.39, 0.29) is 23.0 Å². The van der Waals surface area contributed by atoms with Gasteiger partial charge in [-0.25, -0.2) is 0 Å². The maximum absolute atomic E-state index is 10.1. The number of aromatic hydroxyl groups is 4. The third kappa shape index (κ3) is 2.79. The van der Waals surface area contributed by atoms with E-state index in [0.29, 0.717) is 23.1 Å². The highest BCUT2D eigenvalue weighted by atomic mass is 16.3. The Morgan fingerprint density at radius 2 is 1.55 bits per heavy atom. The second kappa shape index (κ2) is 5.74. The van der Waals surface area contributed by atoms with Crippen molar-refractivity contribution >= 4 is 0 Å². The monoisotopic (exact) mass is 274 g/mol. The van der Waals surface area contributed by atoms with Crippen LogP contribution in [0, 0.1) is 0 Å². The van der Waals surface area contributed by atoms with Crippen molar-refractivity contribution < 1.29 is 20.4 Å². The highest BCUT2D eigenvalue weighted by Crippen LogP contribution is 2.38. The van der Waals surface area contributed by atoms with Gasteiger partial charge in [0.05, 0.1) is 0 Å². The molecule has 2 rings (SSSR count). The molecule has 0 radical (unpaired) electrons. The quantitative estimate of drug-likeness (QED) is 0.508. The number of phenols is 4. The Labute approximate surface area is 117 Å². The maximum Gasteiger partial charge on any atom is 0.158 e. The van der Waals surface area contributed by atoms with Gasteiger partial charge in [-0.1, -0.05) is 19.4 Å². The van der Waals surface area contributed by atoms with E-state index in [1.807, 2.05) is 0 Å². The van der Waals surface area contributed by atoms with E-state index in [1.165, 1.54) is 18.2 Å². The van der Waals surface area contributed by atoms with Gasteiger partial charge in [0.25, 0.3) is 0 Å². The topological polar surface area (TPSA) is 80.9 Å². The van der Waals surface area contributed by atoms with Crippen molar-refractivity contribution in [2.24, 2.45) is 0 Å². The number of aryl methyl sites for hydroxylation is 1. The molecule has 0 bridgehead atoms. The third-order valence-electron chi connectivity index (χ3n) is 3.28. The standard InChI is InChI=1S/C16H18O4/c1-2-3-4-11-8-15(19)12(9-14(11)18)10-5-6-13(17)16(20)7-10/h5-9,17-20H,2-4H2,1H3. The van der Waals surface area contributed by atoms with E-state index in [9.17, 15) is 20.4 Å². The number of rotatable bonds is 4. The highest BCUT2D eigenvalue weighted by Gasteiger charge is 2.12. The third-order valence-corrected chi connectivity index (χ3v) is 3.28. The van der Waals surface area contributed by atoms with E-state index < -0.39 is 0 Å². The molecule has 2 aromatic carbocycles. The zero-order valence-electron chi connectivity index (χ0n) is 11.3. The van der Waals surface area contributed by atoms with Gasteiger partial charge in [-0.3, -0.25) is 0 Å². The Bertz CT molecular complexity index is 620. The predicted molar refractivity (Wildman–Crippen MR) is 77.1 cm³/mol. The van der Waals surface area contributed by atoms with Gasteiger partial charge in [0.2, 0.25) is 0 Å². The average molecular weight is 274 g/mol. The summed E-state index contributed by atoms with van der Waals surface area (Å²) in [5.74, 6) is -0.328. The summed E-state index contributed by atoms with van der Waals surface area (Å²) in [6.45, 7) is 2.06. The van der Waals surface area contributed by atoms with Crippen LogP contribution in [0.4, 0.5) is 0 Å². The van der Waals surface area contributed by atoms with Crippen LogP contribution in [0.1, 0.15) is 25.3 Å². The largest absolute Gasteiger partial charge is 0.508 e. The number of unbranched alkanes of at least 4 members (excludes halogenated alkanes) is 1. The molecule has 0 saturated heterocycles. The number of hydrogen-bond donors (Lipinski definition) is 4. The van der Waals surface area contributed by atoms with Gasteiger partial charge in [-0.2, -0.15) is 0 Å². The molecule has 0 fully saturated rings. The summed E-state index contributed by atoms with van der Waals surface area (Å²) in [6.07, 6.45) is 2.65. The minimum absolute atomic E-state index is 0.0407. The van der Waals surface area contributed by atoms with E-state index >= 15 is 0 Å². The normalized spacial score (nSPS) is 10.7. The smallest absolute Gasteiger partial charge is 0.158 e. The SMILES string of the molecule is CCCCc1cc(O)c(-c2ccc(O)c(O)c2)cc1O. The molecule has 0 atom stereocenters. The lowest BCUT2D eigenvalue weighted by atomic mass is 9.99. The first-order chi connectivity index (χ1) is 9.52. The van der Waals surface area contributed by atoms with Crippen LogP contribution in [0.5, 0.6) is 23.0 Å². The predicted octanol–water partition coefficient (Wildman–Crippen LogP) is 3.52. The van der Waals surface area contributed by atoms with Gasteiger partial charge in [0.1, 0.15) is 11.5 Å². The molecule has 0 aliphatic heterocycles. The molecular weight excluding hydrogens is 256 g/mol. The molecule has 0 aliphatic carbocycles. The van der Waals surface area contributed by atoms with Gasteiger partial charge in [0.15, 0.2) is 11.5 Å². The molecule has 2 aromatic rings. The molecule has 4 nitrogen and oxygen atoms in total. The maximum atomic E-state index is 10.1. The summed E-state index contributed by atoms with van der Waals surface area (Å²) in [5, 5.41) is 38.9. The van der Waals surface area contributed by atoms with Crippen molar-refractivity contribution in [1.82, 2.24) is 0 Å². The molecule has 0 amide bonds. The Kier molecular flexibility index (Phi) is 4.03. The molecule has 0 heterocycles. The van der Waals surface area contributed by atoms with Crippen molar-refractivity contribution in [3.05, 3.63) is 35.9 Å². The fraction of sp³-hybridized carbons (Fsp3) is 0.250. The summed E-state index contributed by atoms with van der Waals surface area (Å²) in [5.41, 5.74) is 1.64. The minimum atomic E-state index is -0.267. The molecule has 0 spiro atoms. The minimum Gasteiger partial charge on any atom is -0.508 e. The Morgan fingerprint density at radius 1 is 0.800 bits per heavy atom. The van der Waals surface area contributed by atoms with Gasteiger partial charge in [-0.15, -0.1) is 0 Å². The van der Waals surface area contributed by atoms with Crippen LogP contribution in [0.2, 0.25) is 0 Å². The van der Waals surface area contributed by atoms with Crippen molar-refractivity contribution in [2.75, 3.05) is 0 Å². The van der Waals surface area contributed by atoms with Gasteiger partial charge < -0.3 is 20.4 Å². The summed E-state index contributed by atoms with van der Waals surface area (Å²) in [7, 11) is 0. The first-order valence-corrected chi connectivity index (χ1v) is 6.60. The number of benzene rings is 2. The first-order valence-electron chi connectivity index (χ1n) is 6.60. The molecular formula is C16H18O4. The summed E-state index contributed by atoms with van der Waals surface area (Å²) in [4.78, 5) is 0. The Morgan fingerprint density at radius 3 is 2.20 bits per heavy atom. The van der Waals surface area contributed by atoms with Gasteiger partial charge in [-0.05, 0) is 48.2 Å². The second-order valence-corrected chi connectivity index (χ2v) is 4.81. The number of phenolic OH excluding ortho intramolecular Hbond substituents is 4. The fourth-order valence-corrected chi connectivity index (χ4v) is 2.11. The van der Waals surface area contributed by atoms with E-state index in [1.54, 1.807) is 12.1 Å². The molecule has 0 aromatic heterocycles. The van der Waals surface area contributed by atoms with Crippen LogP contribution in [-0.4, -0.2) is 20.4 Å². The van der Waals surface area contributed by atoms with E-state index in [4.69, 9.17) is 0 Å². The zero-order chi connectivity index (χ0) is 14.7. The lowest BCUT2D eigenvalue weighted by molar-refractivity contribution is 0.404.